The van der Waals surface area contributed by atoms with Gasteiger partial charge in [-0.05, 0) is 105 Å². The number of aromatic nitrogens is 3. The Morgan fingerprint density at radius 1 is 0.353 bits per heavy atom. The zero-order valence-electron chi connectivity index (χ0n) is 36.7. The first-order valence-corrected chi connectivity index (χ1v) is 22.2. The molecule has 10 aromatic rings. The first-order valence-electron chi connectivity index (χ1n) is 22.2. The second kappa shape index (κ2) is 20.9. The summed E-state index contributed by atoms with van der Waals surface area (Å²) >= 11 is 0. The van der Waals surface area contributed by atoms with Crippen LogP contribution in [0.1, 0.15) is 22.3 Å². The van der Waals surface area contributed by atoms with Gasteiger partial charge in [-0.3, -0.25) is 8.78 Å². The molecule has 3 nitrogen and oxygen atoms in total. The molecule has 3 aromatic heterocycles. The largest absolute Gasteiger partial charge is 3.00 e. The molecule has 0 unspecified atom stereocenters. The summed E-state index contributed by atoms with van der Waals surface area (Å²) in [5, 5.41) is 0. The van der Waals surface area contributed by atoms with Gasteiger partial charge in [-0.2, -0.15) is 0 Å². The van der Waals surface area contributed by atoms with Crippen molar-refractivity contribution in [3.05, 3.63) is 258 Å². The Kier molecular flexibility index (Phi) is 14.0. The molecule has 0 aliphatic heterocycles. The third kappa shape index (κ3) is 10.5. The second-order valence-corrected chi connectivity index (χ2v) is 16.5. The van der Waals surface area contributed by atoms with Crippen LogP contribution in [-0.2, 0) is 45.8 Å². The van der Waals surface area contributed by atoms with Crippen LogP contribution in [0.3, 0.4) is 0 Å². The minimum absolute atomic E-state index is 0. The summed E-state index contributed by atoms with van der Waals surface area (Å²) in [7, 11) is 0. The van der Waals surface area contributed by atoms with Crippen LogP contribution in [-0.4, -0.2) is 15.0 Å². The van der Waals surface area contributed by atoms with Crippen LogP contribution in [0.5, 0.6) is 0 Å². The number of benzene rings is 7. The molecule has 7 heteroatoms. The Morgan fingerprint density at radius 3 is 1.46 bits per heavy atom. The fourth-order valence-corrected chi connectivity index (χ4v) is 8.51. The maximum absolute atomic E-state index is 15.4. The molecule has 0 bridgehead atoms. The van der Waals surface area contributed by atoms with E-state index in [1.165, 1.54) is 11.6 Å². The molecular formula is C61H41F3IrN3. The Balaban J connectivity index is 0.00000578. The van der Waals surface area contributed by atoms with Gasteiger partial charge in [0.2, 0.25) is 0 Å². The number of hydrogen-bond donors (Lipinski definition) is 0. The van der Waals surface area contributed by atoms with E-state index in [1.54, 1.807) is 60.9 Å². The molecule has 0 atom stereocenters. The van der Waals surface area contributed by atoms with E-state index in [0.717, 1.165) is 72.5 Å². The summed E-state index contributed by atoms with van der Waals surface area (Å²) in [5.74, 6) is -1.12. The van der Waals surface area contributed by atoms with E-state index < -0.39 is 0 Å². The second-order valence-electron chi connectivity index (χ2n) is 16.5. The maximum Gasteiger partial charge on any atom is 3.00 e. The fourth-order valence-electron chi connectivity index (χ4n) is 8.51. The minimum atomic E-state index is -0.381. The van der Waals surface area contributed by atoms with E-state index in [-0.39, 0.29) is 37.6 Å². The van der Waals surface area contributed by atoms with Crippen LogP contribution in [0.4, 0.5) is 13.2 Å². The molecule has 0 spiro atoms. The first kappa shape index (κ1) is 45.6. The standard InChI is InChI=1S/C61H41F3N3.Ir/c62-52-26-29-53(48-22-24-49(25-23-48)61-39-50(30-33-67-61)47-20-18-46(19-21-47)45-8-2-1-3-9-45)56(40-52)51-35-43(14-12-41-16-27-54(57(63)37-41)59-10-4-6-31-65-59)34-44(36-51)15-13-42-17-28-55(58(64)38-42)60-11-5-7-32-66-60;/h1-11,16-24,26,29-40H,12-15H2;/q-3;+3. The van der Waals surface area contributed by atoms with Crippen molar-refractivity contribution in [2.24, 2.45) is 0 Å². The van der Waals surface area contributed by atoms with E-state index in [1.807, 2.05) is 72.9 Å². The Bertz CT molecular complexity index is 3200. The van der Waals surface area contributed by atoms with Crippen molar-refractivity contribution < 1.29 is 33.3 Å². The quantitative estimate of drug-likeness (QED) is 0.108. The van der Waals surface area contributed by atoms with E-state index >= 15 is 13.2 Å². The van der Waals surface area contributed by atoms with Crippen LogP contribution in [0.15, 0.2) is 201 Å². The van der Waals surface area contributed by atoms with Gasteiger partial charge in [0.1, 0.15) is 5.82 Å². The number of nitrogens with zero attached hydrogens (tertiary/aromatic N) is 3. The van der Waals surface area contributed by atoms with E-state index in [2.05, 4.69) is 88.8 Å². The molecule has 0 aliphatic carbocycles. The number of halogens is 3. The van der Waals surface area contributed by atoms with E-state index in [9.17, 15) is 0 Å². The van der Waals surface area contributed by atoms with Crippen molar-refractivity contribution in [1.29, 1.82) is 0 Å². The van der Waals surface area contributed by atoms with Gasteiger partial charge in [0.05, 0.1) is 0 Å². The number of aryl methyl sites for hydroxylation is 4. The van der Waals surface area contributed by atoms with Gasteiger partial charge >= 0.3 is 20.1 Å². The predicted octanol–water partition coefficient (Wildman–Crippen LogP) is 14.9. The predicted molar refractivity (Wildman–Crippen MR) is 262 cm³/mol. The summed E-state index contributed by atoms with van der Waals surface area (Å²) in [6.45, 7) is 0. The van der Waals surface area contributed by atoms with Crippen molar-refractivity contribution in [2.45, 2.75) is 25.7 Å². The average molecular weight is 1070 g/mol. The number of pyridine rings is 3. The smallest absolute Gasteiger partial charge is 0.305 e. The third-order valence-electron chi connectivity index (χ3n) is 12.0. The molecule has 68 heavy (non-hydrogen) atoms. The Hall–Kier alpha value is -7.57. The normalized spacial score (nSPS) is 11.0. The number of hydrogen-bond acceptors (Lipinski definition) is 3. The summed E-state index contributed by atoms with van der Waals surface area (Å²) in [5.41, 5.74) is 14.7. The maximum atomic E-state index is 15.4. The molecule has 10 rings (SSSR count). The molecule has 0 N–H and O–H groups in total. The topological polar surface area (TPSA) is 38.7 Å². The van der Waals surface area contributed by atoms with Crippen LogP contribution in [0, 0.1) is 35.7 Å². The van der Waals surface area contributed by atoms with E-state index in [0.29, 0.717) is 48.2 Å². The van der Waals surface area contributed by atoms with Crippen molar-refractivity contribution in [1.82, 2.24) is 15.0 Å². The molecule has 0 saturated heterocycles. The van der Waals surface area contributed by atoms with Crippen LogP contribution in [0.2, 0.25) is 0 Å². The zero-order chi connectivity index (χ0) is 45.5. The summed E-state index contributed by atoms with van der Waals surface area (Å²) in [6, 6.07) is 67.2. The van der Waals surface area contributed by atoms with Crippen LogP contribution < -0.4 is 0 Å². The van der Waals surface area contributed by atoms with Crippen molar-refractivity contribution in [3.8, 4) is 78.3 Å². The van der Waals surface area contributed by atoms with Crippen LogP contribution >= 0.6 is 0 Å². The SMILES string of the molecule is Fc1ccc(-c2c[c-]c(-c3cc(-c4ccc(-c5ccccc5)cc4)ccn3)cc2)c(-c2cc(CCc3c[c-]c(-c4ccccn4)c(F)c3)cc(CCc3c[c-]c(-c4ccccn4)c(F)c3)c2)c1.[Ir+3]. The number of rotatable bonds is 13. The molecule has 330 valence electrons. The minimum Gasteiger partial charge on any atom is -0.305 e. The van der Waals surface area contributed by atoms with Gasteiger partial charge in [0, 0.05) is 30.2 Å². The molecule has 0 amide bonds. The van der Waals surface area contributed by atoms with Gasteiger partial charge in [-0.15, -0.1) is 77.4 Å². The molecule has 0 fully saturated rings. The monoisotopic (exact) mass is 1070 g/mol. The van der Waals surface area contributed by atoms with E-state index in [4.69, 9.17) is 4.98 Å². The molecule has 7 aromatic carbocycles. The molecule has 3 heterocycles. The average Bonchev–Trinajstić information content (AvgIpc) is 3.38. The van der Waals surface area contributed by atoms with Gasteiger partial charge in [-0.1, -0.05) is 144 Å². The van der Waals surface area contributed by atoms with Gasteiger partial charge < -0.3 is 15.0 Å². The molecule has 0 aliphatic rings. The van der Waals surface area contributed by atoms with Crippen molar-refractivity contribution in [3.63, 3.8) is 0 Å². The first-order chi connectivity index (χ1) is 32.9. The summed E-state index contributed by atoms with van der Waals surface area (Å²) in [4.78, 5) is 13.3. The Labute approximate surface area is 408 Å². The van der Waals surface area contributed by atoms with Gasteiger partial charge in [0.25, 0.3) is 0 Å². The molecular weight excluding hydrogens is 1020 g/mol. The van der Waals surface area contributed by atoms with Gasteiger partial charge in [-0.25, -0.2) is 4.39 Å². The molecule has 0 saturated carbocycles. The van der Waals surface area contributed by atoms with Gasteiger partial charge in [0.15, 0.2) is 0 Å². The Morgan fingerprint density at radius 2 is 0.897 bits per heavy atom. The fraction of sp³-hybridized carbons (Fsp3) is 0.0656. The van der Waals surface area contributed by atoms with Crippen LogP contribution in [0.25, 0.3) is 78.3 Å². The van der Waals surface area contributed by atoms with Crippen molar-refractivity contribution in [2.75, 3.05) is 0 Å². The third-order valence-corrected chi connectivity index (χ3v) is 12.0. The summed E-state index contributed by atoms with van der Waals surface area (Å²) < 4.78 is 46.1. The summed E-state index contributed by atoms with van der Waals surface area (Å²) in [6.07, 6.45) is 7.37. The zero-order valence-corrected chi connectivity index (χ0v) is 39.1. The van der Waals surface area contributed by atoms with Crippen molar-refractivity contribution >= 4 is 0 Å². The molecule has 0 radical (unpaired) electrons.